The van der Waals surface area contributed by atoms with Crippen molar-refractivity contribution in [3.63, 3.8) is 0 Å². The van der Waals surface area contributed by atoms with Crippen LogP contribution in [0.2, 0.25) is 0 Å². The van der Waals surface area contributed by atoms with Crippen LogP contribution in [0.25, 0.3) is 0 Å². The van der Waals surface area contributed by atoms with Gasteiger partial charge in [-0.15, -0.1) is 0 Å². The first-order valence-electron chi connectivity index (χ1n) is 6.18. The highest BCUT2D eigenvalue weighted by Gasteiger charge is 2.17. The van der Waals surface area contributed by atoms with Crippen LogP contribution >= 0.6 is 0 Å². The van der Waals surface area contributed by atoms with Gasteiger partial charge in [-0.3, -0.25) is 4.79 Å². The third-order valence-corrected chi connectivity index (χ3v) is 3.14. The zero-order valence-electron chi connectivity index (χ0n) is 10.9. The number of carbonyl (C=O) groups is 1. The SMILES string of the molecule is COc1ccc(C[C@H](C(N)=O)c2ccccc2)cc1. The molecule has 0 unspecified atom stereocenters. The molecule has 2 aromatic rings. The third-order valence-electron chi connectivity index (χ3n) is 3.14. The Balaban J connectivity index is 2.19. The second-order valence-corrected chi connectivity index (χ2v) is 4.42. The number of carbonyl (C=O) groups excluding carboxylic acids is 1. The van der Waals surface area contributed by atoms with Gasteiger partial charge in [0.2, 0.25) is 5.91 Å². The summed E-state index contributed by atoms with van der Waals surface area (Å²) < 4.78 is 5.11. The third kappa shape index (κ3) is 3.35. The Hall–Kier alpha value is -2.29. The molecule has 0 saturated carbocycles. The molecule has 1 atom stereocenters. The van der Waals surface area contributed by atoms with Crippen LogP contribution in [0.15, 0.2) is 54.6 Å². The van der Waals surface area contributed by atoms with Gasteiger partial charge >= 0.3 is 0 Å². The second kappa shape index (κ2) is 6.05. The molecule has 0 aliphatic rings. The fourth-order valence-corrected chi connectivity index (χ4v) is 2.07. The lowest BCUT2D eigenvalue weighted by molar-refractivity contribution is -0.119. The lowest BCUT2D eigenvalue weighted by Crippen LogP contribution is -2.23. The molecule has 0 spiro atoms. The van der Waals surface area contributed by atoms with E-state index in [0.29, 0.717) is 6.42 Å². The van der Waals surface area contributed by atoms with Gasteiger partial charge in [-0.2, -0.15) is 0 Å². The summed E-state index contributed by atoms with van der Waals surface area (Å²) in [5.41, 5.74) is 7.52. The molecule has 3 heteroatoms. The highest BCUT2D eigenvalue weighted by Crippen LogP contribution is 2.22. The number of rotatable bonds is 5. The molecule has 0 bridgehead atoms. The van der Waals surface area contributed by atoms with Crippen LogP contribution in [0.5, 0.6) is 5.75 Å². The topological polar surface area (TPSA) is 52.3 Å². The molecule has 2 N–H and O–H groups in total. The van der Waals surface area contributed by atoms with Gasteiger partial charge < -0.3 is 10.5 Å². The highest BCUT2D eigenvalue weighted by atomic mass is 16.5. The molecule has 1 amide bonds. The number of primary amides is 1. The zero-order chi connectivity index (χ0) is 13.7. The van der Waals surface area contributed by atoms with E-state index in [1.165, 1.54) is 0 Å². The van der Waals surface area contributed by atoms with Gasteiger partial charge in [0.05, 0.1) is 13.0 Å². The van der Waals surface area contributed by atoms with Gasteiger partial charge in [-0.25, -0.2) is 0 Å². The number of ether oxygens (including phenoxy) is 1. The number of methoxy groups -OCH3 is 1. The largest absolute Gasteiger partial charge is 0.497 e. The Morgan fingerprint density at radius 2 is 1.74 bits per heavy atom. The van der Waals surface area contributed by atoms with E-state index in [9.17, 15) is 4.79 Å². The van der Waals surface area contributed by atoms with E-state index in [-0.39, 0.29) is 11.8 Å². The average Bonchev–Trinajstić information content (AvgIpc) is 2.46. The monoisotopic (exact) mass is 255 g/mol. The average molecular weight is 255 g/mol. The van der Waals surface area contributed by atoms with E-state index >= 15 is 0 Å². The van der Waals surface area contributed by atoms with Gasteiger partial charge in [0, 0.05) is 0 Å². The van der Waals surface area contributed by atoms with E-state index in [2.05, 4.69) is 0 Å². The second-order valence-electron chi connectivity index (χ2n) is 4.42. The zero-order valence-corrected chi connectivity index (χ0v) is 10.9. The predicted octanol–water partition coefficient (Wildman–Crippen LogP) is 2.51. The molecule has 0 fully saturated rings. The van der Waals surface area contributed by atoms with E-state index in [4.69, 9.17) is 10.5 Å². The minimum Gasteiger partial charge on any atom is -0.497 e. The summed E-state index contributed by atoms with van der Waals surface area (Å²) in [6.45, 7) is 0. The van der Waals surface area contributed by atoms with Crippen molar-refractivity contribution < 1.29 is 9.53 Å². The summed E-state index contributed by atoms with van der Waals surface area (Å²) in [5, 5.41) is 0. The lowest BCUT2D eigenvalue weighted by Gasteiger charge is -2.14. The predicted molar refractivity (Wildman–Crippen MR) is 75.1 cm³/mol. The van der Waals surface area contributed by atoms with Gasteiger partial charge in [-0.1, -0.05) is 42.5 Å². The number of nitrogens with two attached hydrogens (primary N) is 1. The maximum atomic E-state index is 11.6. The van der Waals surface area contributed by atoms with E-state index < -0.39 is 0 Å². The molecular formula is C16H17NO2. The van der Waals surface area contributed by atoms with E-state index in [1.54, 1.807) is 7.11 Å². The van der Waals surface area contributed by atoms with Crippen molar-refractivity contribution in [2.75, 3.05) is 7.11 Å². The number of hydrogen-bond acceptors (Lipinski definition) is 2. The summed E-state index contributed by atoms with van der Waals surface area (Å²) in [4.78, 5) is 11.6. The Kier molecular flexibility index (Phi) is 4.18. The van der Waals surface area contributed by atoms with Gasteiger partial charge in [0.25, 0.3) is 0 Å². The molecule has 98 valence electrons. The molecule has 0 radical (unpaired) electrons. The van der Waals surface area contributed by atoms with Crippen molar-refractivity contribution >= 4 is 5.91 Å². The number of amides is 1. The van der Waals surface area contributed by atoms with Crippen molar-refractivity contribution in [1.82, 2.24) is 0 Å². The molecule has 19 heavy (non-hydrogen) atoms. The number of benzene rings is 2. The maximum Gasteiger partial charge on any atom is 0.225 e. The molecule has 0 saturated heterocycles. The fraction of sp³-hybridized carbons (Fsp3) is 0.188. The molecule has 3 nitrogen and oxygen atoms in total. The first-order valence-corrected chi connectivity index (χ1v) is 6.18. The highest BCUT2D eigenvalue weighted by molar-refractivity contribution is 5.82. The molecule has 2 aromatic carbocycles. The van der Waals surface area contributed by atoms with Gasteiger partial charge in [0.1, 0.15) is 5.75 Å². The smallest absolute Gasteiger partial charge is 0.225 e. The van der Waals surface area contributed by atoms with Crippen LogP contribution in [0.4, 0.5) is 0 Å². The maximum absolute atomic E-state index is 11.6. The first kappa shape index (κ1) is 13.1. The van der Waals surface area contributed by atoms with Crippen LogP contribution in [-0.2, 0) is 11.2 Å². The van der Waals surface area contributed by atoms with Crippen LogP contribution < -0.4 is 10.5 Å². The standard InChI is InChI=1S/C16H17NO2/c1-19-14-9-7-12(8-10-14)11-15(16(17)18)13-5-3-2-4-6-13/h2-10,15H,11H2,1H3,(H2,17,18)/t15-/m0/s1. The normalized spacial score (nSPS) is 11.8. The Labute approximate surface area is 113 Å². The summed E-state index contributed by atoms with van der Waals surface area (Å²) >= 11 is 0. The molecular weight excluding hydrogens is 238 g/mol. The first-order chi connectivity index (χ1) is 9.20. The Morgan fingerprint density at radius 3 is 2.26 bits per heavy atom. The van der Waals surface area contributed by atoms with Crippen molar-refractivity contribution in [3.05, 3.63) is 65.7 Å². The number of hydrogen-bond donors (Lipinski definition) is 1. The molecule has 0 heterocycles. The van der Waals surface area contributed by atoms with Gasteiger partial charge in [-0.05, 0) is 29.7 Å². The lowest BCUT2D eigenvalue weighted by atomic mass is 9.91. The van der Waals surface area contributed by atoms with Gasteiger partial charge in [0.15, 0.2) is 0 Å². The molecule has 0 aliphatic carbocycles. The summed E-state index contributed by atoms with van der Waals surface area (Å²) in [6.07, 6.45) is 0.601. The van der Waals surface area contributed by atoms with Crippen LogP contribution in [0.3, 0.4) is 0 Å². The molecule has 0 aromatic heterocycles. The minimum atomic E-state index is -0.304. The van der Waals surface area contributed by atoms with Crippen molar-refractivity contribution in [2.45, 2.75) is 12.3 Å². The fourth-order valence-electron chi connectivity index (χ4n) is 2.07. The Morgan fingerprint density at radius 1 is 1.11 bits per heavy atom. The van der Waals surface area contributed by atoms with Crippen LogP contribution in [0, 0.1) is 0 Å². The minimum absolute atomic E-state index is 0.297. The summed E-state index contributed by atoms with van der Waals surface area (Å²) in [7, 11) is 1.63. The van der Waals surface area contributed by atoms with E-state index in [1.807, 2.05) is 54.6 Å². The summed E-state index contributed by atoms with van der Waals surface area (Å²) in [5.74, 6) is 0.204. The van der Waals surface area contributed by atoms with Crippen LogP contribution in [-0.4, -0.2) is 13.0 Å². The van der Waals surface area contributed by atoms with Crippen molar-refractivity contribution in [2.24, 2.45) is 5.73 Å². The molecule has 0 aliphatic heterocycles. The van der Waals surface area contributed by atoms with Crippen LogP contribution in [0.1, 0.15) is 17.0 Å². The quantitative estimate of drug-likeness (QED) is 0.892. The molecule has 2 rings (SSSR count). The summed E-state index contributed by atoms with van der Waals surface area (Å²) in [6, 6.07) is 17.3. The van der Waals surface area contributed by atoms with Crippen molar-refractivity contribution in [3.8, 4) is 5.75 Å². The van der Waals surface area contributed by atoms with E-state index in [0.717, 1.165) is 16.9 Å². The van der Waals surface area contributed by atoms with Crippen molar-refractivity contribution in [1.29, 1.82) is 0 Å². The Bertz CT molecular complexity index is 534.